The number of hydrogen-bond acceptors (Lipinski definition) is 6. The van der Waals surface area contributed by atoms with E-state index in [4.69, 9.17) is 26.8 Å². The first-order valence-electron chi connectivity index (χ1n) is 7.97. The van der Waals surface area contributed by atoms with Gasteiger partial charge in [0.1, 0.15) is 4.90 Å². The van der Waals surface area contributed by atoms with Gasteiger partial charge in [-0.25, -0.2) is 13.2 Å². The molecule has 0 bridgehead atoms. The molecule has 0 spiro atoms. The zero-order valence-electron chi connectivity index (χ0n) is 14.6. The third-order valence-electron chi connectivity index (χ3n) is 3.86. The molecule has 0 radical (unpaired) electrons. The molecule has 1 amide bonds. The van der Waals surface area contributed by atoms with E-state index in [0.29, 0.717) is 0 Å². The largest absolute Gasteiger partial charge is 0.449 e. The number of sulfonamides is 1. The fourth-order valence-electron chi connectivity index (χ4n) is 2.58. The number of primary amides is 1. The number of carbonyl (C=O) groups excluding carboxylic acids is 2. The van der Waals surface area contributed by atoms with Crippen LogP contribution in [0.25, 0.3) is 0 Å². The van der Waals surface area contributed by atoms with E-state index in [1.807, 2.05) is 0 Å². The Balaban J connectivity index is 2.34. The minimum absolute atomic E-state index is 0.0173. The van der Waals surface area contributed by atoms with Gasteiger partial charge in [0.15, 0.2) is 6.10 Å². The highest BCUT2D eigenvalue weighted by molar-refractivity contribution is 7.89. The van der Waals surface area contributed by atoms with Crippen molar-refractivity contribution >= 4 is 33.5 Å². The maximum atomic E-state index is 13.0. The number of esters is 1. The maximum Gasteiger partial charge on any atom is 0.338 e. The zero-order chi connectivity index (χ0) is 19.6. The number of nitrogens with two attached hydrogens (primary N) is 1. The normalized spacial score (nSPS) is 22.6. The molecule has 1 fully saturated rings. The van der Waals surface area contributed by atoms with Gasteiger partial charge in [-0.15, -0.1) is 0 Å². The van der Waals surface area contributed by atoms with Crippen LogP contribution < -0.4 is 5.73 Å². The van der Waals surface area contributed by atoms with Gasteiger partial charge in [-0.05, 0) is 39.0 Å². The van der Waals surface area contributed by atoms with Crippen LogP contribution in [0, 0.1) is 0 Å². The molecular formula is C16H21ClN2O6S. The van der Waals surface area contributed by atoms with E-state index < -0.39 is 28.0 Å². The summed E-state index contributed by atoms with van der Waals surface area (Å²) in [7, 11) is -3.94. The quantitative estimate of drug-likeness (QED) is 0.736. The minimum atomic E-state index is -3.94. The van der Waals surface area contributed by atoms with E-state index in [2.05, 4.69) is 0 Å². The molecule has 8 nitrogen and oxygen atoms in total. The van der Waals surface area contributed by atoms with E-state index in [1.54, 1.807) is 13.8 Å². The van der Waals surface area contributed by atoms with Crippen molar-refractivity contribution in [3.05, 3.63) is 28.8 Å². The van der Waals surface area contributed by atoms with Crippen molar-refractivity contribution in [1.82, 2.24) is 4.31 Å². The minimum Gasteiger partial charge on any atom is -0.449 e. The maximum absolute atomic E-state index is 13.0. The molecule has 0 aliphatic carbocycles. The Kier molecular flexibility index (Phi) is 6.28. The molecule has 1 heterocycles. The number of morpholine rings is 1. The average molecular weight is 405 g/mol. The highest BCUT2D eigenvalue weighted by atomic mass is 35.5. The van der Waals surface area contributed by atoms with Gasteiger partial charge >= 0.3 is 5.97 Å². The molecule has 2 rings (SSSR count). The Morgan fingerprint density at radius 1 is 1.31 bits per heavy atom. The average Bonchev–Trinajstić information content (AvgIpc) is 2.53. The van der Waals surface area contributed by atoms with Crippen molar-refractivity contribution in [2.45, 2.75) is 44.0 Å². The second-order valence-corrected chi connectivity index (χ2v) is 8.49. The first-order valence-corrected chi connectivity index (χ1v) is 9.79. The molecule has 1 aliphatic heterocycles. The lowest BCUT2D eigenvalue weighted by Gasteiger charge is -2.34. The van der Waals surface area contributed by atoms with Gasteiger partial charge in [-0.1, -0.05) is 11.6 Å². The van der Waals surface area contributed by atoms with Crippen molar-refractivity contribution in [3.63, 3.8) is 0 Å². The number of benzene rings is 1. The highest BCUT2D eigenvalue weighted by Crippen LogP contribution is 2.28. The van der Waals surface area contributed by atoms with Crippen molar-refractivity contribution in [2.24, 2.45) is 5.73 Å². The summed E-state index contributed by atoms with van der Waals surface area (Å²) in [6.45, 7) is 5.23. The summed E-state index contributed by atoms with van der Waals surface area (Å²) >= 11 is 6.07. The predicted octanol–water partition coefficient (Wildman–Crippen LogP) is 1.17. The molecular weight excluding hydrogens is 384 g/mol. The van der Waals surface area contributed by atoms with Crippen LogP contribution in [-0.2, 0) is 24.3 Å². The molecule has 3 atom stereocenters. The third-order valence-corrected chi connectivity index (χ3v) is 6.17. The standard InChI is InChI=1S/C16H21ClN2O6S/c1-9-7-19(8-10(2)24-9)26(22,23)14-6-12(4-5-13(14)17)16(21)25-11(3)15(18)20/h4-6,9-11H,7-8H2,1-3H3,(H2,18,20)/t9-,10+,11-/m0/s1. The zero-order valence-corrected chi connectivity index (χ0v) is 16.2. The van der Waals surface area contributed by atoms with E-state index in [0.717, 1.165) is 6.07 Å². The van der Waals surface area contributed by atoms with E-state index in [9.17, 15) is 18.0 Å². The number of hydrogen-bond donors (Lipinski definition) is 1. The molecule has 1 aromatic rings. The van der Waals surface area contributed by atoms with Crippen LogP contribution in [0.4, 0.5) is 0 Å². The third kappa shape index (κ3) is 4.53. The number of ether oxygens (including phenoxy) is 2. The fraction of sp³-hybridized carbons (Fsp3) is 0.500. The van der Waals surface area contributed by atoms with Gasteiger partial charge < -0.3 is 15.2 Å². The topological polar surface area (TPSA) is 116 Å². The summed E-state index contributed by atoms with van der Waals surface area (Å²) in [5, 5.41) is -0.0173. The molecule has 1 saturated heterocycles. The first-order chi connectivity index (χ1) is 12.0. The fourth-order valence-corrected chi connectivity index (χ4v) is 4.67. The molecule has 26 heavy (non-hydrogen) atoms. The predicted molar refractivity (Wildman–Crippen MR) is 94.3 cm³/mol. The first kappa shape index (κ1) is 20.6. The monoisotopic (exact) mass is 404 g/mol. The molecule has 0 saturated carbocycles. The van der Waals surface area contributed by atoms with Crippen LogP contribution in [0.1, 0.15) is 31.1 Å². The SMILES string of the molecule is C[C@@H]1CN(S(=O)(=O)c2cc(C(=O)O[C@@H](C)C(N)=O)ccc2Cl)C[C@H](C)O1. The summed E-state index contributed by atoms with van der Waals surface area (Å²) < 4.78 is 37.6. The van der Waals surface area contributed by atoms with Crippen LogP contribution in [0.2, 0.25) is 5.02 Å². The number of nitrogens with zero attached hydrogens (tertiary/aromatic N) is 1. The number of amides is 1. The molecule has 2 N–H and O–H groups in total. The summed E-state index contributed by atoms with van der Waals surface area (Å²) in [4.78, 5) is 22.9. The number of halogens is 1. The van der Waals surface area contributed by atoms with Crippen LogP contribution >= 0.6 is 11.6 Å². The van der Waals surface area contributed by atoms with Gasteiger partial charge in [0, 0.05) is 13.1 Å². The van der Waals surface area contributed by atoms with E-state index in [-0.39, 0.29) is 40.8 Å². The lowest BCUT2D eigenvalue weighted by Crippen LogP contribution is -2.48. The van der Waals surface area contributed by atoms with Crippen molar-refractivity contribution in [3.8, 4) is 0 Å². The molecule has 1 aliphatic rings. The lowest BCUT2D eigenvalue weighted by molar-refractivity contribution is -0.125. The van der Waals surface area contributed by atoms with Crippen LogP contribution in [0.15, 0.2) is 23.1 Å². The van der Waals surface area contributed by atoms with Gasteiger partial charge in [0.25, 0.3) is 5.91 Å². The molecule has 0 aromatic heterocycles. The second kappa shape index (κ2) is 7.91. The Morgan fingerprint density at radius 3 is 2.42 bits per heavy atom. The molecule has 0 unspecified atom stereocenters. The number of rotatable bonds is 5. The lowest BCUT2D eigenvalue weighted by atomic mass is 10.2. The highest BCUT2D eigenvalue weighted by Gasteiger charge is 2.34. The number of carbonyl (C=O) groups is 2. The van der Waals surface area contributed by atoms with Gasteiger partial charge in [-0.3, -0.25) is 4.79 Å². The Labute approximate surface area is 157 Å². The molecule has 1 aromatic carbocycles. The smallest absolute Gasteiger partial charge is 0.338 e. The van der Waals surface area contributed by atoms with Crippen molar-refractivity contribution in [1.29, 1.82) is 0 Å². The summed E-state index contributed by atoms with van der Waals surface area (Å²) in [6.07, 6.45) is -1.67. The summed E-state index contributed by atoms with van der Waals surface area (Å²) in [5.41, 5.74) is 5.01. The van der Waals surface area contributed by atoms with Gasteiger partial charge in [0.05, 0.1) is 22.8 Å². The Bertz CT molecular complexity index is 803. The van der Waals surface area contributed by atoms with Crippen LogP contribution in [0.5, 0.6) is 0 Å². The summed E-state index contributed by atoms with van der Waals surface area (Å²) in [6, 6.07) is 3.76. The van der Waals surface area contributed by atoms with Crippen molar-refractivity contribution in [2.75, 3.05) is 13.1 Å². The molecule has 144 valence electrons. The van der Waals surface area contributed by atoms with Crippen LogP contribution in [0.3, 0.4) is 0 Å². The molecule has 10 heteroatoms. The second-order valence-electron chi connectivity index (χ2n) is 6.17. The Morgan fingerprint density at radius 2 is 1.88 bits per heavy atom. The summed E-state index contributed by atoms with van der Waals surface area (Å²) in [5.74, 6) is -1.68. The van der Waals surface area contributed by atoms with Gasteiger partial charge in [-0.2, -0.15) is 4.31 Å². The van der Waals surface area contributed by atoms with Crippen LogP contribution in [-0.4, -0.2) is 56.0 Å². The van der Waals surface area contributed by atoms with E-state index in [1.165, 1.54) is 23.4 Å². The van der Waals surface area contributed by atoms with Crippen molar-refractivity contribution < 1.29 is 27.5 Å². The Hall–Kier alpha value is -1.68. The van der Waals surface area contributed by atoms with Gasteiger partial charge in [0.2, 0.25) is 10.0 Å². The van der Waals surface area contributed by atoms with E-state index >= 15 is 0 Å².